The van der Waals surface area contributed by atoms with Crippen LogP contribution in [0, 0.1) is 6.92 Å². The molecule has 0 aliphatic heterocycles. The third-order valence-corrected chi connectivity index (χ3v) is 4.33. The van der Waals surface area contributed by atoms with Crippen LogP contribution in [0.25, 0.3) is 0 Å². The summed E-state index contributed by atoms with van der Waals surface area (Å²) >= 11 is 0. The zero-order valence-corrected chi connectivity index (χ0v) is 15.8. The molecule has 0 saturated heterocycles. The Morgan fingerprint density at radius 1 is 0.750 bits per heavy atom. The van der Waals surface area contributed by atoms with Crippen molar-refractivity contribution in [3.05, 3.63) is 101 Å². The molecule has 0 aliphatic rings. The maximum atomic E-state index is 12.4. The standard InChI is InChI=1S/C23H23N3O2/c1-17-10-12-19(13-11-17)16-25-23(28)21-9-5-8-20(26-21)22(27)24-15-14-18-6-3-2-4-7-18/h2-13H,14-16H2,1H3,(H,24,27)(H,25,28). The second-order valence-corrected chi connectivity index (χ2v) is 6.57. The molecule has 3 rings (SSSR count). The monoisotopic (exact) mass is 373 g/mol. The lowest BCUT2D eigenvalue weighted by Crippen LogP contribution is -2.28. The van der Waals surface area contributed by atoms with Crippen molar-refractivity contribution >= 4 is 11.8 Å². The highest BCUT2D eigenvalue weighted by Gasteiger charge is 2.12. The van der Waals surface area contributed by atoms with Crippen LogP contribution in [0.3, 0.4) is 0 Å². The number of nitrogens with zero attached hydrogens (tertiary/aromatic N) is 1. The molecule has 28 heavy (non-hydrogen) atoms. The van der Waals surface area contributed by atoms with Crippen LogP contribution in [0.4, 0.5) is 0 Å². The highest BCUT2D eigenvalue weighted by Crippen LogP contribution is 2.05. The Balaban J connectivity index is 1.54. The van der Waals surface area contributed by atoms with E-state index in [-0.39, 0.29) is 23.2 Å². The summed E-state index contributed by atoms with van der Waals surface area (Å²) in [5.41, 5.74) is 3.79. The van der Waals surface area contributed by atoms with Crippen LogP contribution in [-0.2, 0) is 13.0 Å². The molecular weight excluding hydrogens is 350 g/mol. The molecule has 0 spiro atoms. The molecule has 0 fully saturated rings. The minimum absolute atomic E-state index is 0.225. The molecule has 0 radical (unpaired) electrons. The van der Waals surface area contributed by atoms with Gasteiger partial charge in [-0.2, -0.15) is 0 Å². The first-order valence-electron chi connectivity index (χ1n) is 9.25. The van der Waals surface area contributed by atoms with Gasteiger partial charge in [0.2, 0.25) is 0 Å². The fourth-order valence-electron chi connectivity index (χ4n) is 2.72. The summed E-state index contributed by atoms with van der Waals surface area (Å²) < 4.78 is 0. The average Bonchev–Trinajstić information content (AvgIpc) is 2.74. The molecule has 2 aromatic carbocycles. The van der Waals surface area contributed by atoms with Crippen LogP contribution in [0.5, 0.6) is 0 Å². The number of nitrogens with one attached hydrogen (secondary N) is 2. The highest BCUT2D eigenvalue weighted by atomic mass is 16.2. The molecule has 0 unspecified atom stereocenters. The Morgan fingerprint density at radius 3 is 2.07 bits per heavy atom. The van der Waals surface area contributed by atoms with Gasteiger partial charge in [0.1, 0.15) is 11.4 Å². The summed E-state index contributed by atoms with van der Waals surface area (Å²) in [4.78, 5) is 28.9. The first kappa shape index (κ1) is 19.3. The number of aromatic nitrogens is 1. The Morgan fingerprint density at radius 2 is 1.39 bits per heavy atom. The van der Waals surface area contributed by atoms with Crippen molar-refractivity contribution in [3.8, 4) is 0 Å². The summed E-state index contributed by atoms with van der Waals surface area (Å²) in [5, 5.41) is 5.68. The van der Waals surface area contributed by atoms with Crippen molar-refractivity contribution < 1.29 is 9.59 Å². The lowest BCUT2D eigenvalue weighted by atomic mass is 10.1. The van der Waals surface area contributed by atoms with Crippen LogP contribution in [-0.4, -0.2) is 23.3 Å². The first-order valence-corrected chi connectivity index (χ1v) is 9.25. The third kappa shape index (κ3) is 5.51. The van der Waals surface area contributed by atoms with E-state index in [0.29, 0.717) is 13.1 Å². The Kier molecular flexibility index (Phi) is 6.52. The number of pyridine rings is 1. The minimum atomic E-state index is -0.306. The normalized spacial score (nSPS) is 10.3. The van der Waals surface area contributed by atoms with E-state index in [0.717, 1.165) is 17.5 Å². The van der Waals surface area contributed by atoms with Crippen LogP contribution in [0.2, 0.25) is 0 Å². The maximum Gasteiger partial charge on any atom is 0.270 e. The van der Waals surface area contributed by atoms with Gasteiger partial charge in [-0.3, -0.25) is 9.59 Å². The van der Waals surface area contributed by atoms with Gasteiger partial charge in [-0.15, -0.1) is 0 Å². The van der Waals surface area contributed by atoms with Crippen molar-refractivity contribution in [2.75, 3.05) is 6.54 Å². The first-order chi connectivity index (χ1) is 13.6. The van der Waals surface area contributed by atoms with Gasteiger partial charge in [0.25, 0.3) is 11.8 Å². The SMILES string of the molecule is Cc1ccc(CNC(=O)c2cccc(C(=O)NCCc3ccccc3)n2)cc1. The molecule has 0 bridgehead atoms. The zero-order valence-electron chi connectivity index (χ0n) is 15.8. The number of hydrogen-bond acceptors (Lipinski definition) is 3. The maximum absolute atomic E-state index is 12.4. The second-order valence-electron chi connectivity index (χ2n) is 6.57. The fraction of sp³-hybridized carbons (Fsp3) is 0.174. The molecule has 0 atom stereocenters. The van der Waals surface area contributed by atoms with Gasteiger partial charge in [0.05, 0.1) is 0 Å². The van der Waals surface area contributed by atoms with Gasteiger partial charge >= 0.3 is 0 Å². The summed E-state index contributed by atoms with van der Waals surface area (Å²) in [6, 6.07) is 22.8. The van der Waals surface area contributed by atoms with Gasteiger partial charge in [0.15, 0.2) is 0 Å². The Hall–Kier alpha value is -3.47. The number of aryl methyl sites for hydroxylation is 1. The van der Waals surface area contributed by atoms with Crippen molar-refractivity contribution in [1.29, 1.82) is 0 Å². The summed E-state index contributed by atoms with van der Waals surface area (Å²) in [5.74, 6) is -0.594. The van der Waals surface area contributed by atoms with Crippen LogP contribution < -0.4 is 10.6 Å². The molecule has 2 amide bonds. The lowest BCUT2D eigenvalue weighted by molar-refractivity contribution is 0.0943. The van der Waals surface area contributed by atoms with Gasteiger partial charge < -0.3 is 10.6 Å². The van der Waals surface area contributed by atoms with Crippen molar-refractivity contribution in [1.82, 2.24) is 15.6 Å². The lowest BCUT2D eigenvalue weighted by Gasteiger charge is -2.08. The van der Waals surface area contributed by atoms with Crippen molar-refractivity contribution in [3.63, 3.8) is 0 Å². The van der Waals surface area contributed by atoms with E-state index in [1.807, 2.05) is 61.5 Å². The molecule has 1 aromatic heterocycles. The third-order valence-electron chi connectivity index (χ3n) is 4.33. The van der Waals surface area contributed by atoms with E-state index in [2.05, 4.69) is 15.6 Å². The number of carbonyl (C=O) groups is 2. The van der Waals surface area contributed by atoms with E-state index >= 15 is 0 Å². The van der Waals surface area contributed by atoms with Gasteiger partial charge in [0, 0.05) is 13.1 Å². The predicted molar refractivity (Wildman–Crippen MR) is 109 cm³/mol. The van der Waals surface area contributed by atoms with Crippen molar-refractivity contribution in [2.24, 2.45) is 0 Å². The molecule has 0 aliphatic carbocycles. The highest BCUT2D eigenvalue weighted by molar-refractivity contribution is 5.96. The van der Waals surface area contributed by atoms with Crippen LogP contribution >= 0.6 is 0 Å². The fourth-order valence-corrected chi connectivity index (χ4v) is 2.72. The van der Waals surface area contributed by atoms with E-state index in [4.69, 9.17) is 0 Å². The molecule has 1 heterocycles. The van der Waals surface area contributed by atoms with E-state index in [1.54, 1.807) is 18.2 Å². The average molecular weight is 373 g/mol. The largest absolute Gasteiger partial charge is 0.350 e. The molecular formula is C23H23N3O2. The molecule has 142 valence electrons. The summed E-state index contributed by atoms with van der Waals surface area (Å²) in [6.07, 6.45) is 0.739. The number of amides is 2. The predicted octanol–water partition coefficient (Wildman–Crippen LogP) is 3.29. The number of hydrogen-bond donors (Lipinski definition) is 2. The minimum Gasteiger partial charge on any atom is -0.350 e. The molecule has 3 aromatic rings. The quantitative estimate of drug-likeness (QED) is 0.668. The van der Waals surface area contributed by atoms with Gasteiger partial charge in [-0.05, 0) is 36.6 Å². The topological polar surface area (TPSA) is 71.1 Å². The second kappa shape index (κ2) is 9.46. The molecule has 5 nitrogen and oxygen atoms in total. The Bertz CT molecular complexity index is 938. The van der Waals surface area contributed by atoms with Gasteiger partial charge in [-0.1, -0.05) is 66.2 Å². The van der Waals surface area contributed by atoms with E-state index < -0.39 is 0 Å². The van der Waals surface area contributed by atoms with Crippen molar-refractivity contribution in [2.45, 2.75) is 19.9 Å². The number of benzene rings is 2. The smallest absolute Gasteiger partial charge is 0.270 e. The summed E-state index contributed by atoms with van der Waals surface area (Å²) in [6.45, 7) is 2.94. The molecule has 5 heteroatoms. The van der Waals surface area contributed by atoms with Crippen LogP contribution in [0.15, 0.2) is 72.8 Å². The van der Waals surface area contributed by atoms with Gasteiger partial charge in [-0.25, -0.2) is 4.98 Å². The molecule has 2 N–H and O–H groups in total. The Labute approximate surface area is 164 Å². The number of rotatable bonds is 7. The number of carbonyl (C=O) groups excluding carboxylic acids is 2. The summed E-state index contributed by atoms with van der Waals surface area (Å²) in [7, 11) is 0. The molecule has 0 saturated carbocycles. The van der Waals surface area contributed by atoms with E-state index in [1.165, 1.54) is 5.56 Å². The zero-order chi connectivity index (χ0) is 19.8. The van der Waals surface area contributed by atoms with Crippen LogP contribution in [0.1, 0.15) is 37.7 Å². The van der Waals surface area contributed by atoms with E-state index in [9.17, 15) is 9.59 Å².